The van der Waals surface area contributed by atoms with E-state index in [4.69, 9.17) is 0 Å². The predicted octanol–water partition coefficient (Wildman–Crippen LogP) is 1.59. The van der Waals surface area contributed by atoms with Crippen LogP contribution >= 0.6 is 0 Å². The maximum atomic E-state index is 11.3. The molecule has 0 aliphatic carbocycles. The van der Waals surface area contributed by atoms with E-state index in [1.807, 2.05) is 18.2 Å². The number of amides is 1. The van der Waals surface area contributed by atoms with Crippen molar-refractivity contribution < 1.29 is 4.79 Å². The van der Waals surface area contributed by atoms with Crippen LogP contribution in [-0.2, 0) is 0 Å². The van der Waals surface area contributed by atoms with Gasteiger partial charge in [0.15, 0.2) is 0 Å². The second kappa shape index (κ2) is 3.46. The lowest BCUT2D eigenvalue weighted by atomic mass is 10.1. The third kappa shape index (κ3) is 1.44. The molecule has 1 amide bonds. The quantitative estimate of drug-likeness (QED) is 0.734. The van der Waals surface area contributed by atoms with Crippen LogP contribution in [0.25, 0.3) is 10.9 Å². The third-order valence-corrected chi connectivity index (χ3v) is 2.10. The Balaban J connectivity index is 2.56. The lowest BCUT2D eigenvalue weighted by Gasteiger charge is -2.01. The molecule has 0 saturated carbocycles. The number of aromatic nitrogens is 1. The Kier molecular flexibility index (Phi) is 2.14. The van der Waals surface area contributed by atoms with Crippen molar-refractivity contribution in [1.82, 2.24) is 10.3 Å². The van der Waals surface area contributed by atoms with E-state index in [0.29, 0.717) is 5.56 Å². The average molecular weight is 186 g/mol. The Morgan fingerprint density at radius 3 is 3.00 bits per heavy atom. The monoisotopic (exact) mass is 186 g/mol. The van der Waals surface area contributed by atoms with Crippen LogP contribution in [0.1, 0.15) is 10.4 Å². The number of rotatable bonds is 1. The normalized spacial score (nSPS) is 10.1. The molecule has 3 heteroatoms. The summed E-state index contributed by atoms with van der Waals surface area (Å²) in [6, 6.07) is 9.32. The third-order valence-electron chi connectivity index (χ3n) is 2.10. The van der Waals surface area contributed by atoms with Gasteiger partial charge in [0, 0.05) is 24.2 Å². The summed E-state index contributed by atoms with van der Waals surface area (Å²) in [5, 5.41) is 3.62. The van der Waals surface area contributed by atoms with Crippen LogP contribution < -0.4 is 5.32 Å². The van der Waals surface area contributed by atoms with Gasteiger partial charge in [-0.15, -0.1) is 0 Å². The summed E-state index contributed by atoms with van der Waals surface area (Å²) in [7, 11) is 1.62. The summed E-state index contributed by atoms with van der Waals surface area (Å²) in [6.07, 6.45) is 1.72. The summed E-state index contributed by atoms with van der Waals surface area (Å²) in [5.74, 6) is -0.0856. The zero-order valence-electron chi connectivity index (χ0n) is 7.82. The van der Waals surface area contributed by atoms with E-state index in [2.05, 4.69) is 10.3 Å². The number of benzene rings is 1. The lowest BCUT2D eigenvalue weighted by Crippen LogP contribution is -2.17. The van der Waals surface area contributed by atoms with Gasteiger partial charge in [0.05, 0.1) is 5.52 Å². The molecular formula is C11H10N2O. The Morgan fingerprint density at radius 1 is 1.36 bits per heavy atom. The number of hydrogen-bond acceptors (Lipinski definition) is 2. The largest absolute Gasteiger partial charge is 0.355 e. The minimum Gasteiger partial charge on any atom is -0.355 e. The molecule has 0 bridgehead atoms. The van der Waals surface area contributed by atoms with Crippen LogP contribution in [0.15, 0.2) is 36.5 Å². The van der Waals surface area contributed by atoms with Crippen LogP contribution in [0.2, 0.25) is 0 Å². The first-order chi connectivity index (χ1) is 6.81. The Hall–Kier alpha value is -1.90. The van der Waals surface area contributed by atoms with E-state index in [9.17, 15) is 4.79 Å². The minimum absolute atomic E-state index is 0.0856. The topological polar surface area (TPSA) is 42.0 Å². The molecule has 14 heavy (non-hydrogen) atoms. The van der Waals surface area contributed by atoms with E-state index in [0.717, 1.165) is 10.9 Å². The molecule has 0 radical (unpaired) electrons. The van der Waals surface area contributed by atoms with Crippen molar-refractivity contribution in [3.63, 3.8) is 0 Å². The van der Waals surface area contributed by atoms with E-state index in [1.54, 1.807) is 25.4 Å². The molecule has 0 spiro atoms. The molecule has 0 aliphatic rings. The summed E-state index contributed by atoms with van der Waals surface area (Å²) in [5.41, 5.74) is 1.48. The maximum absolute atomic E-state index is 11.3. The summed E-state index contributed by atoms with van der Waals surface area (Å²) >= 11 is 0. The second-order valence-electron chi connectivity index (χ2n) is 2.99. The summed E-state index contributed by atoms with van der Waals surface area (Å²) in [4.78, 5) is 15.5. The minimum atomic E-state index is -0.0856. The summed E-state index contributed by atoms with van der Waals surface area (Å²) in [6.45, 7) is 0. The Labute approximate surface area is 81.8 Å². The molecule has 1 aromatic carbocycles. The van der Waals surface area contributed by atoms with Gasteiger partial charge < -0.3 is 5.32 Å². The number of carbonyl (C=O) groups excluding carboxylic acids is 1. The first-order valence-corrected chi connectivity index (χ1v) is 4.38. The Morgan fingerprint density at radius 2 is 2.21 bits per heavy atom. The molecular weight excluding hydrogens is 176 g/mol. The first kappa shape index (κ1) is 8.69. The van der Waals surface area contributed by atoms with Gasteiger partial charge in [-0.2, -0.15) is 0 Å². The van der Waals surface area contributed by atoms with Crippen molar-refractivity contribution >= 4 is 16.8 Å². The lowest BCUT2D eigenvalue weighted by molar-refractivity contribution is 0.0963. The van der Waals surface area contributed by atoms with Gasteiger partial charge in [0.25, 0.3) is 5.91 Å². The van der Waals surface area contributed by atoms with Gasteiger partial charge >= 0.3 is 0 Å². The van der Waals surface area contributed by atoms with Gasteiger partial charge in [-0.25, -0.2) is 0 Å². The molecule has 2 aromatic rings. The number of hydrogen-bond donors (Lipinski definition) is 1. The molecule has 0 unspecified atom stereocenters. The van der Waals surface area contributed by atoms with E-state index < -0.39 is 0 Å². The van der Waals surface area contributed by atoms with Gasteiger partial charge in [-0.1, -0.05) is 12.1 Å². The maximum Gasteiger partial charge on any atom is 0.251 e. The molecule has 1 aromatic heterocycles. The molecule has 2 rings (SSSR count). The standard InChI is InChI=1S/C11H10N2O/c1-12-11(14)9-5-4-8-3-2-6-13-10(8)7-9/h2-7H,1H3,(H,12,14). The first-order valence-electron chi connectivity index (χ1n) is 4.38. The van der Waals surface area contributed by atoms with Crippen molar-refractivity contribution in [2.75, 3.05) is 7.05 Å². The number of pyridine rings is 1. The fraction of sp³-hybridized carbons (Fsp3) is 0.0909. The number of fused-ring (bicyclic) bond motifs is 1. The van der Waals surface area contributed by atoms with Crippen molar-refractivity contribution in [2.24, 2.45) is 0 Å². The van der Waals surface area contributed by atoms with Crippen molar-refractivity contribution in [1.29, 1.82) is 0 Å². The smallest absolute Gasteiger partial charge is 0.251 e. The number of carbonyl (C=O) groups is 1. The highest BCUT2D eigenvalue weighted by atomic mass is 16.1. The molecule has 1 N–H and O–H groups in total. The van der Waals surface area contributed by atoms with E-state index >= 15 is 0 Å². The Bertz CT molecular complexity index is 479. The number of nitrogens with one attached hydrogen (secondary N) is 1. The molecule has 0 fully saturated rings. The molecule has 3 nitrogen and oxygen atoms in total. The van der Waals surface area contributed by atoms with Crippen LogP contribution in [-0.4, -0.2) is 17.9 Å². The van der Waals surface area contributed by atoms with Crippen molar-refractivity contribution in [3.05, 3.63) is 42.1 Å². The fourth-order valence-electron chi connectivity index (χ4n) is 1.35. The van der Waals surface area contributed by atoms with Gasteiger partial charge in [0.1, 0.15) is 0 Å². The second-order valence-corrected chi connectivity index (χ2v) is 2.99. The van der Waals surface area contributed by atoms with Gasteiger partial charge in [-0.3, -0.25) is 9.78 Å². The number of nitrogens with zero attached hydrogens (tertiary/aromatic N) is 1. The summed E-state index contributed by atoms with van der Waals surface area (Å²) < 4.78 is 0. The SMILES string of the molecule is CNC(=O)c1ccc2cccnc2c1. The zero-order chi connectivity index (χ0) is 9.97. The highest BCUT2D eigenvalue weighted by Gasteiger charge is 2.03. The van der Waals surface area contributed by atoms with Crippen LogP contribution in [0, 0.1) is 0 Å². The van der Waals surface area contributed by atoms with Crippen LogP contribution in [0.3, 0.4) is 0 Å². The fourth-order valence-corrected chi connectivity index (χ4v) is 1.35. The van der Waals surface area contributed by atoms with Crippen molar-refractivity contribution in [3.8, 4) is 0 Å². The molecule has 70 valence electrons. The zero-order valence-corrected chi connectivity index (χ0v) is 7.82. The van der Waals surface area contributed by atoms with Crippen molar-refractivity contribution in [2.45, 2.75) is 0 Å². The predicted molar refractivity (Wildman–Crippen MR) is 55.1 cm³/mol. The van der Waals surface area contributed by atoms with Crippen LogP contribution in [0.5, 0.6) is 0 Å². The van der Waals surface area contributed by atoms with Gasteiger partial charge in [-0.05, 0) is 18.2 Å². The highest BCUT2D eigenvalue weighted by molar-refractivity contribution is 5.97. The highest BCUT2D eigenvalue weighted by Crippen LogP contribution is 2.12. The van der Waals surface area contributed by atoms with E-state index in [1.165, 1.54) is 0 Å². The average Bonchev–Trinajstić information content (AvgIpc) is 2.27. The van der Waals surface area contributed by atoms with E-state index in [-0.39, 0.29) is 5.91 Å². The molecule has 0 saturated heterocycles. The molecule has 0 atom stereocenters. The van der Waals surface area contributed by atoms with Crippen LogP contribution in [0.4, 0.5) is 0 Å². The molecule has 0 aliphatic heterocycles. The molecule has 1 heterocycles. The van der Waals surface area contributed by atoms with Gasteiger partial charge in [0.2, 0.25) is 0 Å².